The van der Waals surface area contributed by atoms with Crippen molar-refractivity contribution in [3.05, 3.63) is 28.8 Å². The van der Waals surface area contributed by atoms with Crippen LogP contribution in [0.15, 0.2) is 12.1 Å². The van der Waals surface area contributed by atoms with Crippen molar-refractivity contribution in [1.29, 1.82) is 0 Å². The van der Waals surface area contributed by atoms with E-state index in [9.17, 15) is 4.79 Å². The molecule has 0 fully saturated rings. The number of methoxy groups -OCH3 is 1. The van der Waals surface area contributed by atoms with Gasteiger partial charge in [-0.15, -0.1) is 0 Å². The van der Waals surface area contributed by atoms with Crippen molar-refractivity contribution in [3.63, 3.8) is 0 Å². The maximum atomic E-state index is 10.2. The van der Waals surface area contributed by atoms with Gasteiger partial charge in [0.15, 0.2) is 0 Å². The SMILES string of the molecule is COc1c(C)cc(C)cc1CCCCC=O. The van der Waals surface area contributed by atoms with Crippen molar-refractivity contribution in [2.24, 2.45) is 0 Å². The molecule has 0 aliphatic carbocycles. The highest BCUT2D eigenvalue weighted by atomic mass is 16.5. The molecule has 0 N–H and O–H groups in total. The number of hydrogen-bond donors (Lipinski definition) is 0. The number of unbranched alkanes of at least 4 members (excludes halogenated alkanes) is 2. The molecule has 1 aromatic rings. The lowest BCUT2D eigenvalue weighted by molar-refractivity contribution is -0.107. The van der Waals surface area contributed by atoms with Crippen LogP contribution >= 0.6 is 0 Å². The second-order valence-electron chi connectivity index (χ2n) is 4.19. The zero-order chi connectivity index (χ0) is 12.0. The van der Waals surface area contributed by atoms with Crippen molar-refractivity contribution in [3.8, 4) is 5.75 Å². The topological polar surface area (TPSA) is 26.3 Å². The maximum absolute atomic E-state index is 10.2. The Bertz CT molecular complexity index is 356. The lowest BCUT2D eigenvalue weighted by Crippen LogP contribution is -1.96. The summed E-state index contributed by atoms with van der Waals surface area (Å²) in [4.78, 5) is 10.2. The van der Waals surface area contributed by atoms with Crippen LogP contribution < -0.4 is 4.74 Å². The summed E-state index contributed by atoms with van der Waals surface area (Å²) in [6.45, 7) is 4.17. The quantitative estimate of drug-likeness (QED) is 0.543. The number of aldehydes is 1. The van der Waals surface area contributed by atoms with Crippen molar-refractivity contribution < 1.29 is 9.53 Å². The van der Waals surface area contributed by atoms with E-state index in [-0.39, 0.29) is 0 Å². The Kier molecular flexibility index (Phi) is 5.03. The van der Waals surface area contributed by atoms with Crippen LogP contribution in [0.25, 0.3) is 0 Å². The molecule has 16 heavy (non-hydrogen) atoms. The fourth-order valence-corrected chi connectivity index (χ4v) is 2.06. The molecule has 0 aliphatic rings. The molecule has 0 radical (unpaired) electrons. The zero-order valence-corrected chi connectivity index (χ0v) is 10.4. The van der Waals surface area contributed by atoms with E-state index in [2.05, 4.69) is 26.0 Å². The molecule has 0 amide bonds. The number of rotatable bonds is 6. The molecule has 0 unspecified atom stereocenters. The highest BCUT2D eigenvalue weighted by Crippen LogP contribution is 2.26. The predicted octanol–water partition coefficient (Wildman–Crippen LogP) is 3.22. The first-order valence-corrected chi connectivity index (χ1v) is 5.76. The summed E-state index contributed by atoms with van der Waals surface area (Å²) in [6, 6.07) is 4.31. The van der Waals surface area contributed by atoms with Crippen LogP contribution in [-0.2, 0) is 11.2 Å². The van der Waals surface area contributed by atoms with Gasteiger partial charge in [-0.25, -0.2) is 0 Å². The molecule has 2 nitrogen and oxygen atoms in total. The second-order valence-corrected chi connectivity index (χ2v) is 4.19. The van der Waals surface area contributed by atoms with Gasteiger partial charge in [-0.1, -0.05) is 17.7 Å². The normalized spacial score (nSPS) is 10.2. The Hall–Kier alpha value is -1.31. The largest absolute Gasteiger partial charge is 0.496 e. The molecule has 1 aromatic carbocycles. The molecule has 0 spiro atoms. The van der Waals surface area contributed by atoms with Crippen LogP contribution in [0.3, 0.4) is 0 Å². The Labute approximate surface area is 97.6 Å². The third kappa shape index (κ3) is 3.37. The number of carbonyl (C=O) groups excluding carboxylic acids is 1. The van der Waals surface area contributed by atoms with E-state index in [0.717, 1.165) is 31.3 Å². The highest BCUT2D eigenvalue weighted by Gasteiger charge is 2.06. The highest BCUT2D eigenvalue weighted by molar-refractivity contribution is 5.49. The molecular formula is C14H20O2. The first kappa shape index (κ1) is 12.8. The molecule has 0 saturated heterocycles. The minimum atomic E-state index is 0.660. The number of ether oxygens (including phenoxy) is 1. The summed E-state index contributed by atoms with van der Waals surface area (Å²) < 4.78 is 5.42. The van der Waals surface area contributed by atoms with Crippen LogP contribution in [0, 0.1) is 13.8 Å². The van der Waals surface area contributed by atoms with E-state index in [4.69, 9.17) is 4.74 Å². The van der Waals surface area contributed by atoms with Gasteiger partial charge in [-0.3, -0.25) is 0 Å². The van der Waals surface area contributed by atoms with E-state index in [1.54, 1.807) is 7.11 Å². The van der Waals surface area contributed by atoms with E-state index >= 15 is 0 Å². The second kappa shape index (κ2) is 6.31. The maximum Gasteiger partial charge on any atom is 0.124 e. The summed E-state index contributed by atoms with van der Waals surface area (Å²) >= 11 is 0. The van der Waals surface area contributed by atoms with E-state index in [1.807, 2.05) is 0 Å². The number of aryl methyl sites for hydroxylation is 3. The van der Waals surface area contributed by atoms with Crippen molar-refractivity contribution in [2.75, 3.05) is 7.11 Å². The minimum Gasteiger partial charge on any atom is -0.496 e. The van der Waals surface area contributed by atoms with Gasteiger partial charge in [0.2, 0.25) is 0 Å². The smallest absolute Gasteiger partial charge is 0.124 e. The van der Waals surface area contributed by atoms with Crippen molar-refractivity contribution >= 4 is 6.29 Å². The predicted molar refractivity (Wildman–Crippen MR) is 66.1 cm³/mol. The minimum absolute atomic E-state index is 0.660. The van der Waals surface area contributed by atoms with Crippen LogP contribution in [0.5, 0.6) is 5.75 Å². The van der Waals surface area contributed by atoms with Gasteiger partial charge in [-0.05, 0) is 44.2 Å². The van der Waals surface area contributed by atoms with Gasteiger partial charge in [0.1, 0.15) is 12.0 Å². The molecule has 2 heteroatoms. The molecular weight excluding hydrogens is 200 g/mol. The fourth-order valence-electron chi connectivity index (χ4n) is 2.06. The molecule has 0 aliphatic heterocycles. The lowest BCUT2D eigenvalue weighted by Gasteiger charge is -2.12. The summed E-state index contributed by atoms with van der Waals surface area (Å²) in [6.07, 6.45) is 4.63. The van der Waals surface area contributed by atoms with Crippen LogP contribution in [0.1, 0.15) is 36.0 Å². The van der Waals surface area contributed by atoms with Crippen LogP contribution in [0.4, 0.5) is 0 Å². The van der Waals surface area contributed by atoms with E-state index in [0.29, 0.717) is 6.42 Å². The molecule has 0 aromatic heterocycles. The van der Waals surface area contributed by atoms with Gasteiger partial charge < -0.3 is 9.53 Å². The summed E-state index contributed by atoms with van der Waals surface area (Å²) in [5, 5.41) is 0. The van der Waals surface area contributed by atoms with Gasteiger partial charge >= 0.3 is 0 Å². The standard InChI is InChI=1S/C14H20O2/c1-11-9-12(2)14(16-3)13(10-11)7-5-4-6-8-15/h8-10H,4-7H2,1-3H3. The first-order chi connectivity index (χ1) is 7.69. The first-order valence-electron chi connectivity index (χ1n) is 5.76. The van der Waals surface area contributed by atoms with Gasteiger partial charge in [0.25, 0.3) is 0 Å². The number of carbonyl (C=O) groups is 1. The fraction of sp³-hybridized carbons (Fsp3) is 0.500. The van der Waals surface area contributed by atoms with Gasteiger partial charge in [-0.2, -0.15) is 0 Å². The number of hydrogen-bond acceptors (Lipinski definition) is 2. The Balaban J connectivity index is 2.73. The van der Waals surface area contributed by atoms with Gasteiger partial charge in [0, 0.05) is 6.42 Å². The Morgan fingerprint density at radius 3 is 2.62 bits per heavy atom. The third-order valence-electron chi connectivity index (χ3n) is 2.72. The Morgan fingerprint density at radius 2 is 2.00 bits per heavy atom. The van der Waals surface area contributed by atoms with E-state index < -0.39 is 0 Å². The molecule has 1 rings (SSSR count). The van der Waals surface area contributed by atoms with Gasteiger partial charge in [0.05, 0.1) is 7.11 Å². The van der Waals surface area contributed by atoms with Crippen LogP contribution in [0.2, 0.25) is 0 Å². The molecule has 0 heterocycles. The molecule has 0 bridgehead atoms. The summed E-state index contributed by atoms with van der Waals surface area (Å²) in [7, 11) is 1.71. The van der Waals surface area contributed by atoms with Crippen molar-refractivity contribution in [1.82, 2.24) is 0 Å². The average Bonchev–Trinajstić information content (AvgIpc) is 2.24. The molecule has 0 saturated carbocycles. The van der Waals surface area contributed by atoms with Crippen LogP contribution in [-0.4, -0.2) is 13.4 Å². The third-order valence-corrected chi connectivity index (χ3v) is 2.72. The summed E-state index contributed by atoms with van der Waals surface area (Å²) in [5.41, 5.74) is 3.71. The average molecular weight is 220 g/mol. The summed E-state index contributed by atoms with van der Waals surface area (Å²) in [5.74, 6) is 0.997. The molecule has 88 valence electrons. The van der Waals surface area contributed by atoms with E-state index in [1.165, 1.54) is 16.7 Å². The monoisotopic (exact) mass is 220 g/mol. The molecule has 0 atom stereocenters. The lowest BCUT2D eigenvalue weighted by atomic mass is 10.0. The Morgan fingerprint density at radius 1 is 1.25 bits per heavy atom. The van der Waals surface area contributed by atoms with Crippen molar-refractivity contribution in [2.45, 2.75) is 39.5 Å². The number of benzene rings is 1. The zero-order valence-electron chi connectivity index (χ0n) is 10.4.